The molecule has 0 fully saturated rings. The number of rotatable bonds is 1. The van der Waals surface area contributed by atoms with Crippen LogP contribution in [-0.2, 0) is 12.0 Å². The zero-order valence-corrected chi connectivity index (χ0v) is 7.44. The first-order valence-electron chi connectivity index (χ1n) is 3.92. The molecule has 0 unspecified atom stereocenters. The molecule has 0 saturated carbocycles. The van der Waals surface area contributed by atoms with Crippen molar-refractivity contribution in [1.82, 2.24) is 4.98 Å². The molecule has 0 bridgehead atoms. The van der Waals surface area contributed by atoms with Crippen molar-refractivity contribution < 1.29 is 0 Å². The summed E-state index contributed by atoms with van der Waals surface area (Å²) in [6, 6.07) is 2.12. The van der Waals surface area contributed by atoms with E-state index < -0.39 is 0 Å². The lowest BCUT2D eigenvalue weighted by Gasteiger charge is -2.15. The summed E-state index contributed by atoms with van der Waals surface area (Å²) in [6.45, 7) is 7.17. The predicted octanol–water partition coefficient (Wildman–Crippen LogP) is 1.77. The Morgan fingerprint density at radius 1 is 1.45 bits per heavy atom. The van der Waals surface area contributed by atoms with Crippen LogP contribution in [-0.4, -0.2) is 4.98 Å². The fourth-order valence-electron chi connectivity index (χ4n) is 0.992. The van der Waals surface area contributed by atoms with E-state index in [0.717, 1.165) is 5.69 Å². The van der Waals surface area contributed by atoms with Crippen LogP contribution in [0.2, 0.25) is 0 Å². The van der Waals surface area contributed by atoms with E-state index >= 15 is 0 Å². The Kier molecular flexibility index (Phi) is 2.05. The zero-order chi connectivity index (χ0) is 8.48. The monoisotopic (exact) mass is 152 g/mol. The molecule has 0 aromatic carbocycles. The third kappa shape index (κ3) is 1.84. The standard InChI is InChI=1S/C9H16N2/c1-9(2,3)7-4-8(5-10)11-6-7/h4,6,11H,5,10H2,1-3H3. The second-order valence-corrected chi connectivity index (χ2v) is 3.87. The van der Waals surface area contributed by atoms with E-state index in [1.807, 2.05) is 6.20 Å². The van der Waals surface area contributed by atoms with Gasteiger partial charge in [0.2, 0.25) is 0 Å². The zero-order valence-electron chi connectivity index (χ0n) is 7.44. The van der Waals surface area contributed by atoms with Crippen LogP contribution in [0.4, 0.5) is 0 Å². The first-order valence-corrected chi connectivity index (χ1v) is 3.92. The highest BCUT2D eigenvalue weighted by Crippen LogP contribution is 2.22. The second-order valence-electron chi connectivity index (χ2n) is 3.87. The Morgan fingerprint density at radius 2 is 2.09 bits per heavy atom. The lowest BCUT2D eigenvalue weighted by molar-refractivity contribution is 0.591. The number of hydrogen-bond donors (Lipinski definition) is 2. The van der Waals surface area contributed by atoms with Crippen LogP contribution in [0.3, 0.4) is 0 Å². The molecule has 3 N–H and O–H groups in total. The Bertz CT molecular complexity index is 230. The molecule has 0 aliphatic rings. The maximum absolute atomic E-state index is 5.48. The first-order chi connectivity index (χ1) is 5.04. The number of nitrogens with two attached hydrogens (primary N) is 1. The topological polar surface area (TPSA) is 41.8 Å². The minimum Gasteiger partial charge on any atom is -0.364 e. The van der Waals surface area contributed by atoms with Gasteiger partial charge in [-0.2, -0.15) is 0 Å². The molecular formula is C9H16N2. The maximum atomic E-state index is 5.48. The van der Waals surface area contributed by atoms with Crippen molar-refractivity contribution in [3.05, 3.63) is 23.5 Å². The Labute approximate surface area is 67.8 Å². The van der Waals surface area contributed by atoms with Crippen molar-refractivity contribution in [2.75, 3.05) is 0 Å². The highest BCUT2D eigenvalue weighted by molar-refractivity contribution is 5.23. The van der Waals surface area contributed by atoms with Gasteiger partial charge in [-0.25, -0.2) is 0 Å². The third-order valence-electron chi connectivity index (χ3n) is 1.83. The van der Waals surface area contributed by atoms with Crippen LogP contribution >= 0.6 is 0 Å². The van der Waals surface area contributed by atoms with Crippen molar-refractivity contribution in [1.29, 1.82) is 0 Å². The molecule has 0 aliphatic carbocycles. The lowest BCUT2D eigenvalue weighted by Crippen LogP contribution is -2.09. The van der Waals surface area contributed by atoms with Gasteiger partial charge in [0, 0.05) is 18.4 Å². The number of nitrogens with one attached hydrogen (secondary N) is 1. The predicted molar refractivity (Wildman–Crippen MR) is 47.4 cm³/mol. The molecule has 1 aromatic rings. The van der Waals surface area contributed by atoms with Crippen LogP contribution in [0.1, 0.15) is 32.0 Å². The van der Waals surface area contributed by atoms with Gasteiger partial charge in [0.25, 0.3) is 0 Å². The van der Waals surface area contributed by atoms with Gasteiger partial charge in [0.15, 0.2) is 0 Å². The number of H-pyrrole nitrogens is 1. The van der Waals surface area contributed by atoms with Gasteiger partial charge in [0.05, 0.1) is 0 Å². The molecule has 0 spiro atoms. The van der Waals surface area contributed by atoms with Crippen molar-refractivity contribution in [3.63, 3.8) is 0 Å². The van der Waals surface area contributed by atoms with Crippen molar-refractivity contribution in [2.24, 2.45) is 5.73 Å². The van der Waals surface area contributed by atoms with Crippen LogP contribution in [0.25, 0.3) is 0 Å². The molecule has 0 amide bonds. The quantitative estimate of drug-likeness (QED) is 0.632. The SMILES string of the molecule is CC(C)(C)c1c[nH]c(CN)c1. The van der Waals surface area contributed by atoms with Gasteiger partial charge in [-0.1, -0.05) is 20.8 Å². The van der Waals surface area contributed by atoms with E-state index in [2.05, 4.69) is 31.8 Å². The van der Waals surface area contributed by atoms with Gasteiger partial charge < -0.3 is 10.7 Å². The molecule has 0 saturated heterocycles. The smallest absolute Gasteiger partial charge is 0.0332 e. The fourth-order valence-corrected chi connectivity index (χ4v) is 0.992. The molecule has 1 aromatic heterocycles. The Morgan fingerprint density at radius 3 is 2.36 bits per heavy atom. The van der Waals surface area contributed by atoms with Crippen LogP contribution in [0.15, 0.2) is 12.3 Å². The van der Waals surface area contributed by atoms with E-state index in [1.165, 1.54) is 5.56 Å². The summed E-state index contributed by atoms with van der Waals surface area (Å²) in [5.74, 6) is 0. The largest absolute Gasteiger partial charge is 0.364 e. The summed E-state index contributed by atoms with van der Waals surface area (Å²) in [6.07, 6.45) is 2.03. The lowest BCUT2D eigenvalue weighted by atomic mass is 9.89. The molecule has 2 heteroatoms. The van der Waals surface area contributed by atoms with Crippen LogP contribution < -0.4 is 5.73 Å². The van der Waals surface area contributed by atoms with Crippen LogP contribution in [0, 0.1) is 0 Å². The molecule has 1 heterocycles. The number of aromatic nitrogens is 1. The first kappa shape index (κ1) is 8.34. The van der Waals surface area contributed by atoms with Gasteiger partial charge >= 0.3 is 0 Å². The van der Waals surface area contributed by atoms with Crippen LogP contribution in [0.5, 0.6) is 0 Å². The molecule has 0 radical (unpaired) electrons. The fraction of sp³-hybridized carbons (Fsp3) is 0.556. The molecule has 2 nitrogen and oxygen atoms in total. The second kappa shape index (κ2) is 2.70. The average Bonchev–Trinajstić information content (AvgIpc) is 2.32. The summed E-state index contributed by atoms with van der Waals surface area (Å²) in [5.41, 5.74) is 8.13. The van der Waals surface area contributed by atoms with Crippen molar-refractivity contribution >= 4 is 0 Å². The maximum Gasteiger partial charge on any atom is 0.0332 e. The van der Waals surface area contributed by atoms with E-state index in [0.29, 0.717) is 6.54 Å². The van der Waals surface area contributed by atoms with Crippen molar-refractivity contribution in [3.8, 4) is 0 Å². The minimum absolute atomic E-state index is 0.226. The molecular weight excluding hydrogens is 136 g/mol. The number of hydrogen-bond acceptors (Lipinski definition) is 1. The van der Waals surface area contributed by atoms with Crippen molar-refractivity contribution in [2.45, 2.75) is 32.7 Å². The molecule has 0 aliphatic heterocycles. The molecule has 1 rings (SSSR count). The average molecular weight is 152 g/mol. The summed E-state index contributed by atoms with van der Waals surface area (Å²) >= 11 is 0. The van der Waals surface area contributed by atoms with E-state index in [4.69, 9.17) is 5.73 Å². The van der Waals surface area contributed by atoms with E-state index in [9.17, 15) is 0 Å². The summed E-state index contributed by atoms with van der Waals surface area (Å²) in [5, 5.41) is 0. The summed E-state index contributed by atoms with van der Waals surface area (Å²) in [4.78, 5) is 3.14. The minimum atomic E-state index is 0.226. The molecule has 11 heavy (non-hydrogen) atoms. The van der Waals surface area contributed by atoms with E-state index in [1.54, 1.807) is 0 Å². The summed E-state index contributed by atoms with van der Waals surface area (Å²) in [7, 11) is 0. The van der Waals surface area contributed by atoms with E-state index in [-0.39, 0.29) is 5.41 Å². The van der Waals surface area contributed by atoms with Gasteiger partial charge in [-0.05, 0) is 17.0 Å². The highest BCUT2D eigenvalue weighted by Gasteiger charge is 2.14. The van der Waals surface area contributed by atoms with Gasteiger partial charge in [0.1, 0.15) is 0 Å². The Balaban J connectivity index is 2.89. The molecule has 0 atom stereocenters. The normalized spacial score (nSPS) is 12.0. The number of aromatic amines is 1. The summed E-state index contributed by atoms with van der Waals surface area (Å²) < 4.78 is 0. The Hall–Kier alpha value is -0.760. The van der Waals surface area contributed by atoms with Gasteiger partial charge in [-0.15, -0.1) is 0 Å². The van der Waals surface area contributed by atoms with Gasteiger partial charge in [-0.3, -0.25) is 0 Å². The molecule has 62 valence electrons. The highest BCUT2D eigenvalue weighted by atomic mass is 14.7. The third-order valence-corrected chi connectivity index (χ3v) is 1.83.